The maximum absolute atomic E-state index is 13.9. The quantitative estimate of drug-likeness (QED) is 0.641. The zero-order valence-corrected chi connectivity index (χ0v) is 14.6. The maximum atomic E-state index is 13.9. The van der Waals surface area contributed by atoms with Crippen LogP contribution in [0.3, 0.4) is 0 Å². The molecule has 0 aliphatic rings. The molecule has 3 rings (SSSR count). The van der Waals surface area contributed by atoms with Crippen LogP contribution in [0, 0.1) is 5.82 Å². The van der Waals surface area contributed by atoms with E-state index in [0.717, 1.165) is 11.3 Å². The number of fused-ring (bicyclic) bond motifs is 1. The highest BCUT2D eigenvalue weighted by molar-refractivity contribution is 9.10. The lowest BCUT2D eigenvalue weighted by Crippen LogP contribution is -2.02. The van der Waals surface area contributed by atoms with Gasteiger partial charge in [-0.15, -0.1) is 0 Å². The van der Waals surface area contributed by atoms with Crippen LogP contribution in [0.4, 0.5) is 10.2 Å². The molecule has 0 unspecified atom stereocenters. The average Bonchev–Trinajstić information content (AvgIpc) is 2.54. The molecule has 3 nitrogen and oxygen atoms in total. The van der Waals surface area contributed by atoms with Gasteiger partial charge in [0, 0.05) is 16.4 Å². The van der Waals surface area contributed by atoms with E-state index in [0.29, 0.717) is 32.8 Å². The smallest absolute Gasteiger partial charge is 0.145 e. The normalized spacial score (nSPS) is 10.8. The van der Waals surface area contributed by atoms with E-state index in [-0.39, 0.29) is 5.82 Å². The number of methoxy groups -OCH3 is 1. The lowest BCUT2D eigenvalue weighted by Gasteiger charge is -2.10. The summed E-state index contributed by atoms with van der Waals surface area (Å²) in [6, 6.07) is 12.4. The Kier molecular flexibility index (Phi) is 4.68. The van der Waals surface area contributed by atoms with Crippen LogP contribution >= 0.6 is 27.5 Å². The number of hydrogen-bond acceptors (Lipinski definition) is 3. The van der Waals surface area contributed by atoms with Crippen LogP contribution in [-0.4, -0.2) is 12.1 Å². The van der Waals surface area contributed by atoms with Gasteiger partial charge in [-0.25, -0.2) is 9.37 Å². The first-order chi connectivity index (χ1) is 11.1. The number of nitrogens with zero attached hydrogens (tertiary/aromatic N) is 1. The molecule has 0 bridgehead atoms. The monoisotopic (exact) mass is 394 g/mol. The van der Waals surface area contributed by atoms with Crippen molar-refractivity contribution in [3.63, 3.8) is 0 Å². The van der Waals surface area contributed by atoms with Crippen LogP contribution in [0.2, 0.25) is 5.02 Å². The van der Waals surface area contributed by atoms with E-state index in [9.17, 15) is 4.39 Å². The minimum atomic E-state index is -0.356. The fraction of sp³-hybridized carbons (Fsp3) is 0.118. The maximum Gasteiger partial charge on any atom is 0.145 e. The summed E-state index contributed by atoms with van der Waals surface area (Å²) in [6.07, 6.45) is 0. The van der Waals surface area contributed by atoms with Gasteiger partial charge in [0.2, 0.25) is 0 Å². The topological polar surface area (TPSA) is 34.1 Å². The largest absolute Gasteiger partial charge is 0.497 e. The lowest BCUT2D eigenvalue weighted by atomic mass is 10.2. The molecule has 6 heteroatoms. The van der Waals surface area contributed by atoms with Gasteiger partial charge in [-0.2, -0.15) is 0 Å². The number of ether oxygens (including phenoxy) is 1. The Morgan fingerprint density at radius 2 is 1.96 bits per heavy atom. The highest BCUT2D eigenvalue weighted by atomic mass is 79.9. The second kappa shape index (κ2) is 6.72. The van der Waals surface area contributed by atoms with Crippen LogP contribution in [0.25, 0.3) is 10.9 Å². The highest BCUT2D eigenvalue weighted by Gasteiger charge is 2.09. The van der Waals surface area contributed by atoms with E-state index >= 15 is 0 Å². The van der Waals surface area contributed by atoms with Crippen molar-refractivity contribution in [3.8, 4) is 5.75 Å². The third kappa shape index (κ3) is 3.57. The predicted octanol–water partition coefficient (Wildman–Crippen LogP) is 5.41. The summed E-state index contributed by atoms with van der Waals surface area (Å²) < 4.78 is 19.7. The van der Waals surface area contributed by atoms with Crippen molar-refractivity contribution in [2.75, 3.05) is 12.4 Å². The molecule has 0 radical (unpaired) electrons. The Bertz CT molecular complexity index is 855. The van der Waals surface area contributed by atoms with Crippen molar-refractivity contribution in [1.82, 2.24) is 4.98 Å². The van der Waals surface area contributed by atoms with E-state index in [1.54, 1.807) is 19.2 Å². The summed E-state index contributed by atoms with van der Waals surface area (Å²) in [4.78, 5) is 4.41. The van der Waals surface area contributed by atoms with Gasteiger partial charge in [-0.3, -0.25) is 0 Å². The van der Waals surface area contributed by atoms with Gasteiger partial charge in [-0.1, -0.05) is 39.7 Å². The number of aromatic nitrogens is 1. The number of halogens is 3. The Morgan fingerprint density at radius 3 is 2.65 bits per heavy atom. The fourth-order valence-corrected chi connectivity index (χ4v) is 2.86. The number of benzene rings is 2. The summed E-state index contributed by atoms with van der Waals surface area (Å²) in [5.41, 5.74) is 1.60. The molecule has 0 saturated heterocycles. The van der Waals surface area contributed by atoms with Gasteiger partial charge in [0.1, 0.15) is 17.4 Å². The number of anilines is 1. The zero-order chi connectivity index (χ0) is 16.4. The molecule has 2 aromatic carbocycles. The predicted molar refractivity (Wildman–Crippen MR) is 94.7 cm³/mol. The first-order valence-corrected chi connectivity index (χ1v) is 8.06. The van der Waals surface area contributed by atoms with Gasteiger partial charge >= 0.3 is 0 Å². The van der Waals surface area contributed by atoms with Crippen LogP contribution in [0.5, 0.6) is 5.75 Å². The van der Waals surface area contributed by atoms with Crippen molar-refractivity contribution in [2.45, 2.75) is 6.54 Å². The van der Waals surface area contributed by atoms with Crippen molar-refractivity contribution in [1.29, 1.82) is 0 Å². The van der Waals surface area contributed by atoms with Gasteiger partial charge in [0.25, 0.3) is 0 Å². The van der Waals surface area contributed by atoms with Crippen molar-refractivity contribution in [3.05, 3.63) is 63.3 Å². The Labute approximate surface area is 146 Å². The van der Waals surface area contributed by atoms with Crippen LogP contribution < -0.4 is 10.1 Å². The van der Waals surface area contributed by atoms with E-state index in [4.69, 9.17) is 16.3 Å². The molecule has 3 aromatic rings. The molecule has 0 saturated carbocycles. The molecule has 1 N–H and O–H groups in total. The summed E-state index contributed by atoms with van der Waals surface area (Å²) in [5.74, 6) is 0.967. The third-order valence-electron chi connectivity index (χ3n) is 3.42. The molecule has 1 aromatic heterocycles. The third-order valence-corrected chi connectivity index (χ3v) is 4.17. The lowest BCUT2D eigenvalue weighted by molar-refractivity contribution is 0.414. The molecule has 0 amide bonds. The highest BCUT2D eigenvalue weighted by Crippen LogP contribution is 2.29. The number of nitrogens with one attached hydrogen (secondary N) is 1. The summed E-state index contributed by atoms with van der Waals surface area (Å²) in [6.45, 7) is 0.554. The Balaban J connectivity index is 1.85. The van der Waals surface area contributed by atoms with Gasteiger partial charge in [0.15, 0.2) is 0 Å². The van der Waals surface area contributed by atoms with E-state index in [1.807, 2.05) is 24.3 Å². The molecule has 0 aliphatic carbocycles. The minimum absolute atomic E-state index is 0.356. The molecule has 0 aliphatic heterocycles. The molecule has 118 valence electrons. The second-order valence-electron chi connectivity index (χ2n) is 4.97. The zero-order valence-electron chi connectivity index (χ0n) is 12.2. The van der Waals surface area contributed by atoms with Crippen LogP contribution in [0.1, 0.15) is 5.56 Å². The molecular formula is C17H13BrClFN2O. The van der Waals surface area contributed by atoms with Gasteiger partial charge in [-0.05, 0) is 35.9 Å². The molecule has 0 spiro atoms. The van der Waals surface area contributed by atoms with Gasteiger partial charge in [0.05, 0.1) is 17.6 Å². The minimum Gasteiger partial charge on any atom is -0.497 e. The summed E-state index contributed by atoms with van der Waals surface area (Å²) in [5, 5.41) is 3.95. The Hall–Kier alpha value is -1.85. The summed E-state index contributed by atoms with van der Waals surface area (Å²) >= 11 is 9.48. The summed E-state index contributed by atoms with van der Waals surface area (Å²) in [7, 11) is 1.63. The number of hydrogen-bond donors (Lipinski definition) is 1. The molecule has 1 heterocycles. The first kappa shape index (κ1) is 16.0. The van der Waals surface area contributed by atoms with Gasteiger partial charge < -0.3 is 10.1 Å². The number of pyridine rings is 1. The Morgan fingerprint density at radius 1 is 1.22 bits per heavy atom. The first-order valence-electron chi connectivity index (χ1n) is 6.89. The second-order valence-corrected chi connectivity index (χ2v) is 6.30. The van der Waals surface area contributed by atoms with Crippen molar-refractivity contribution >= 4 is 44.3 Å². The molecule has 0 atom stereocenters. The molecular weight excluding hydrogens is 383 g/mol. The average molecular weight is 396 g/mol. The fourth-order valence-electron chi connectivity index (χ4n) is 2.23. The molecule has 23 heavy (non-hydrogen) atoms. The van der Waals surface area contributed by atoms with E-state index in [2.05, 4.69) is 26.2 Å². The standard InChI is InChI=1S/C17H13BrClFN2O/c1-23-12-4-2-10(3-5-12)9-21-17-14(19)8-13-15(20)6-11(18)7-16(13)22-17/h2-8H,9H2,1H3,(H,21,22). The van der Waals surface area contributed by atoms with Crippen LogP contribution in [0.15, 0.2) is 46.9 Å². The van der Waals surface area contributed by atoms with Crippen molar-refractivity contribution in [2.24, 2.45) is 0 Å². The van der Waals surface area contributed by atoms with Crippen molar-refractivity contribution < 1.29 is 9.13 Å². The SMILES string of the molecule is COc1ccc(CNc2nc3cc(Br)cc(F)c3cc2Cl)cc1. The van der Waals surface area contributed by atoms with Crippen LogP contribution in [-0.2, 0) is 6.54 Å². The van der Waals surface area contributed by atoms with E-state index in [1.165, 1.54) is 6.07 Å². The molecule has 0 fully saturated rings. The number of rotatable bonds is 4. The van der Waals surface area contributed by atoms with E-state index < -0.39 is 0 Å².